The Labute approximate surface area is 119 Å². The molecular formula is C15H23N3O2. The van der Waals surface area contributed by atoms with Crippen LogP contribution in [0.25, 0.3) is 0 Å². The summed E-state index contributed by atoms with van der Waals surface area (Å²) in [5.41, 5.74) is 6.70. The van der Waals surface area contributed by atoms with E-state index in [1.807, 2.05) is 6.92 Å². The van der Waals surface area contributed by atoms with Crippen LogP contribution in [0.1, 0.15) is 43.0 Å². The van der Waals surface area contributed by atoms with Gasteiger partial charge >= 0.3 is 0 Å². The summed E-state index contributed by atoms with van der Waals surface area (Å²) < 4.78 is 0. The van der Waals surface area contributed by atoms with Crippen molar-refractivity contribution in [1.82, 2.24) is 5.32 Å². The summed E-state index contributed by atoms with van der Waals surface area (Å²) in [4.78, 5) is 23.2. The molecule has 5 nitrogen and oxygen atoms in total. The third-order valence-corrected chi connectivity index (χ3v) is 2.88. The molecule has 0 aromatic heterocycles. The molecule has 0 radical (unpaired) electrons. The van der Waals surface area contributed by atoms with Gasteiger partial charge in [0.2, 0.25) is 5.91 Å². The largest absolute Gasteiger partial charge is 0.352 e. The Kier molecular flexibility index (Phi) is 7.35. The van der Waals surface area contributed by atoms with E-state index in [1.165, 1.54) is 0 Å². The van der Waals surface area contributed by atoms with Crippen molar-refractivity contribution in [2.24, 2.45) is 5.73 Å². The number of anilines is 1. The van der Waals surface area contributed by atoms with Crippen molar-refractivity contribution in [1.29, 1.82) is 0 Å². The minimum Gasteiger partial charge on any atom is -0.352 e. The zero-order valence-corrected chi connectivity index (χ0v) is 11.9. The zero-order chi connectivity index (χ0) is 14.8. The first-order chi connectivity index (χ1) is 9.67. The molecule has 0 aliphatic carbocycles. The molecule has 2 amide bonds. The summed E-state index contributed by atoms with van der Waals surface area (Å²) in [6.45, 7) is 3.14. The quantitative estimate of drug-likeness (QED) is 0.634. The lowest BCUT2D eigenvalue weighted by Gasteiger charge is -2.06. The second-order valence-electron chi connectivity index (χ2n) is 4.58. The highest BCUT2D eigenvalue weighted by Crippen LogP contribution is 2.10. The molecule has 4 N–H and O–H groups in total. The summed E-state index contributed by atoms with van der Waals surface area (Å²) in [6, 6.07) is 6.88. The van der Waals surface area contributed by atoms with Gasteiger partial charge in [-0.1, -0.05) is 6.42 Å². The Morgan fingerprint density at radius 3 is 2.40 bits per heavy atom. The molecular weight excluding hydrogens is 254 g/mol. The van der Waals surface area contributed by atoms with Crippen LogP contribution in [0.15, 0.2) is 24.3 Å². The molecule has 0 aliphatic heterocycles. The minimum atomic E-state index is -0.104. The fourth-order valence-corrected chi connectivity index (χ4v) is 1.80. The summed E-state index contributed by atoms with van der Waals surface area (Å²) in [5, 5.41) is 5.54. The monoisotopic (exact) mass is 277 g/mol. The predicted molar refractivity (Wildman–Crippen MR) is 80.6 cm³/mol. The van der Waals surface area contributed by atoms with E-state index < -0.39 is 0 Å². The third-order valence-electron chi connectivity index (χ3n) is 2.88. The molecule has 1 aromatic carbocycles. The van der Waals surface area contributed by atoms with E-state index in [4.69, 9.17) is 5.73 Å². The summed E-state index contributed by atoms with van der Waals surface area (Å²) in [6.07, 6.45) is 3.27. The van der Waals surface area contributed by atoms with Gasteiger partial charge in [-0.15, -0.1) is 0 Å². The molecule has 20 heavy (non-hydrogen) atoms. The first-order valence-corrected chi connectivity index (χ1v) is 7.05. The molecule has 5 heteroatoms. The number of hydrogen-bond acceptors (Lipinski definition) is 3. The molecule has 0 saturated carbocycles. The van der Waals surface area contributed by atoms with Gasteiger partial charge in [-0.25, -0.2) is 0 Å². The molecule has 0 bridgehead atoms. The van der Waals surface area contributed by atoms with Gasteiger partial charge in [-0.2, -0.15) is 0 Å². The van der Waals surface area contributed by atoms with E-state index in [9.17, 15) is 9.59 Å². The van der Waals surface area contributed by atoms with Gasteiger partial charge in [0.15, 0.2) is 0 Å². The number of nitrogens with two attached hydrogens (primary N) is 1. The number of carbonyl (C=O) groups excluding carboxylic acids is 2. The van der Waals surface area contributed by atoms with Crippen LogP contribution in [0.3, 0.4) is 0 Å². The second-order valence-corrected chi connectivity index (χ2v) is 4.58. The van der Waals surface area contributed by atoms with Crippen molar-refractivity contribution in [3.8, 4) is 0 Å². The number of benzene rings is 1. The molecule has 0 heterocycles. The van der Waals surface area contributed by atoms with Crippen molar-refractivity contribution in [3.05, 3.63) is 29.8 Å². The summed E-state index contributed by atoms with van der Waals surface area (Å²) >= 11 is 0. The standard InChI is InChI=1S/C15H23N3O2/c1-2-17-15(20)12-7-9-13(10-8-12)18-14(19)6-4-3-5-11-16/h7-10H,2-6,11,16H2,1H3,(H,17,20)(H,18,19). The number of unbranched alkanes of at least 4 members (excludes halogenated alkanes) is 2. The molecule has 0 aliphatic rings. The predicted octanol–water partition coefficient (Wildman–Crippen LogP) is 1.89. The van der Waals surface area contributed by atoms with Crippen LogP contribution >= 0.6 is 0 Å². The highest BCUT2D eigenvalue weighted by molar-refractivity contribution is 5.95. The van der Waals surface area contributed by atoms with E-state index in [-0.39, 0.29) is 11.8 Å². The van der Waals surface area contributed by atoms with Crippen molar-refractivity contribution >= 4 is 17.5 Å². The Morgan fingerprint density at radius 2 is 1.80 bits per heavy atom. The lowest BCUT2D eigenvalue weighted by atomic mass is 10.1. The van der Waals surface area contributed by atoms with Crippen LogP contribution in [0, 0.1) is 0 Å². The molecule has 0 saturated heterocycles. The second kappa shape index (κ2) is 9.09. The van der Waals surface area contributed by atoms with Gasteiger partial charge in [0.25, 0.3) is 5.91 Å². The van der Waals surface area contributed by atoms with Gasteiger partial charge in [0.1, 0.15) is 0 Å². The molecule has 0 spiro atoms. The summed E-state index contributed by atoms with van der Waals surface area (Å²) in [5.74, 6) is -0.111. The fourth-order valence-electron chi connectivity index (χ4n) is 1.80. The highest BCUT2D eigenvalue weighted by atomic mass is 16.2. The average Bonchev–Trinajstić information content (AvgIpc) is 2.45. The van der Waals surface area contributed by atoms with Gasteiger partial charge in [-0.05, 0) is 50.6 Å². The van der Waals surface area contributed by atoms with E-state index in [0.29, 0.717) is 30.8 Å². The first-order valence-electron chi connectivity index (χ1n) is 7.05. The number of amides is 2. The highest BCUT2D eigenvalue weighted by Gasteiger charge is 2.05. The summed E-state index contributed by atoms with van der Waals surface area (Å²) in [7, 11) is 0. The minimum absolute atomic E-state index is 0.00668. The van der Waals surface area contributed by atoms with Gasteiger partial charge in [0.05, 0.1) is 0 Å². The van der Waals surface area contributed by atoms with Crippen LogP contribution in [0.5, 0.6) is 0 Å². The number of rotatable bonds is 8. The van der Waals surface area contributed by atoms with Crippen LogP contribution in [-0.4, -0.2) is 24.9 Å². The number of hydrogen-bond donors (Lipinski definition) is 3. The Hall–Kier alpha value is -1.88. The zero-order valence-electron chi connectivity index (χ0n) is 11.9. The number of nitrogens with one attached hydrogen (secondary N) is 2. The molecule has 0 atom stereocenters. The van der Waals surface area contributed by atoms with Crippen LogP contribution in [0.4, 0.5) is 5.69 Å². The maximum atomic E-state index is 11.7. The normalized spacial score (nSPS) is 10.1. The van der Waals surface area contributed by atoms with Crippen LogP contribution < -0.4 is 16.4 Å². The van der Waals surface area contributed by atoms with E-state index in [2.05, 4.69) is 10.6 Å². The Balaban J connectivity index is 2.41. The molecule has 0 fully saturated rings. The topological polar surface area (TPSA) is 84.2 Å². The first kappa shape index (κ1) is 16.2. The molecule has 1 aromatic rings. The van der Waals surface area contributed by atoms with E-state index in [0.717, 1.165) is 19.3 Å². The number of carbonyl (C=O) groups is 2. The maximum Gasteiger partial charge on any atom is 0.251 e. The molecule has 0 unspecified atom stereocenters. The lowest BCUT2D eigenvalue weighted by molar-refractivity contribution is -0.116. The smallest absolute Gasteiger partial charge is 0.251 e. The van der Waals surface area contributed by atoms with Crippen molar-refractivity contribution in [2.45, 2.75) is 32.6 Å². The fraction of sp³-hybridized carbons (Fsp3) is 0.467. The third kappa shape index (κ3) is 5.84. The van der Waals surface area contributed by atoms with Crippen molar-refractivity contribution in [2.75, 3.05) is 18.4 Å². The SMILES string of the molecule is CCNC(=O)c1ccc(NC(=O)CCCCCN)cc1. The van der Waals surface area contributed by atoms with Crippen LogP contribution in [0.2, 0.25) is 0 Å². The lowest BCUT2D eigenvalue weighted by Crippen LogP contribution is -2.22. The van der Waals surface area contributed by atoms with Gasteiger partial charge in [-0.3, -0.25) is 9.59 Å². The van der Waals surface area contributed by atoms with Crippen molar-refractivity contribution < 1.29 is 9.59 Å². The van der Waals surface area contributed by atoms with E-state index in [1.54, 1.807) is 24.3 Å². The van der Waals surface area contributed by atoms with E-state index >= 15 is 0 Å². The molecule has 1 rings (SSSR count). The Morgan fingerprint density at radius 1 is 1.10 bits per heavy atom. The molecule has 110 valence electrons. The Bertz CT molecular complexity index is 429. The van der Waals surface area contributed by atoms with Crippen molar-refractivity contribution in [3.63, 3.8) is 0 Å². The van der Waals surface area contributed by atoms with Crippen LogP contribution in [-0.2, 0) is 4.79 Å². The average molecular weight is 277 g/mol. The van der Waals surface area contributed by atoms with Gasteiger partial charge in [0, 0.05) is 24.2 Å². The van der Waals surface area contributed by atoms with Gasteiger partial charge < -0.3 is 16.4 Å². The maximum absolute atomic E-state index is 11.7.